The molecule has 0 saturated carbocycles. The van der Waals surface area contributed by atoms with Crippen molar-refractivity contribution >= 4 is 23.2 Å². The van der Waals surface area contributed by atoms with E-state index in [-0.39, 0.29) is 11.9 Å². The third kappa shape index (κ3) is 3.54. The molecule has 5 heteroatoms. The van der Waals surface area contributed by atoms with Crippen molar-refractivity contribution in [2.75, 3.05) is 25.0 Å². The van der Waals surface area contributed by atoms with Crippen LogP contribution in [0.15, 0.2) is 48.8 Å². The first-order chi connectivity index (χ1) is 11.2. The fourth-order valence-electron chi connectivity index (χ4n) is 2.99. The van der Waals surface area contributed by atoms with E-state index >= 15 is 0 Å². The molecule has 23 heavy (non-hydrogen) atoms. The molecule has 1 fully saturated rings. The molecule has 0 bridgehead atoms. The Morgan fingerprint density at radius 3 is 2.74 bits per heavy atom. The molecule has 0 aliphatic carbocycles. The second-order valence-corrected chi connectivity index (χ2v) is 6.24. The molecule has 0 spiro atoms. The topological polar surface area (TPSA) is 36.4 Å². The minimum Gasteiger partial charge on any atom is -0.310 e. The van der Waals surface area contributed by atoms with E-state index in [9.17, 15) is 4.79 Å². The second kappa shape index (κ2) is 7.11. The van der Waals surface area contributed by atoms with Gasteiger partial charge in [0.2, 0.25) is 5.91 Å². The summed E-state index contributed by atoms with van der Waals surface area (Å²) in [5.74, 6) is 0.135. The van der Waals surface area contributed by atoms with Crippen molar-refractivity contribution in [3.05, 3.63) is 59.4 Å². The third-order valence-corrected chi connectivity index (χ3v) is 4.67. The van der Waals surface area contributed by atoms with Gasteiger partial charge in [-0.15, -0.1) is 0 Å². The van der Waals surface area contributed by atoms with Crippen molar-refractivity contribution < 1.29 is 4.79 Å². The smallest absolute Gasteiger partial charge is 0.244 e. The van der Waals surface area contributed by atoms with Crippen LogP contribution in [0.2, 0.25) is 5.02 Å². The first-order valence-electron chi connectivity index (χ1n) is 7.82. The minimum atomic E-state index is -0.0758. The molecule has 1 aliphatic heterocycles. The number of carbonyl (C=O) groups excluding carboxylic acids is 1. The first kappa shape index (κ1) is 16.0. The Bertz CT molecular complexity index is 677. The predicted molar refractivity (Wildman–Crippen MR) is 92.8 cm³/mol. The van der Waals surface area contributed by atoms with Gasteiger partial charge in [0.1, 0.15) is 0 Å². The maximum Gasteiger partial charge on any atom is 0.244 e. The minimum absolute atomic E-state index is 0.0758. The summed E-state index contributed by atoms with van der Waals surface area (Å²) < 4.78 is 0. The fourth-order valence-corrected chi connectivity index (χ4v) is 3.23. The van der Waals surface area contributed by atoms with Gasteiger partial charge in [-0.25, -0.2) is 0 Å². The lowest BCUT2D eigenvalue weighted by Crippen LogP contribution is -2.40. The molecule has 0 N–H and O–H groups in total. The molecule has 120 valence electrons. The van der Waals surface area contributed by atoms with Gasteiger partial charge < -0.3 is 4.90 Å². The van der Waals surface area contributed by atoms with E-state index in [2.05, 4.69) is 9.88 Å². The van der Waals surface area contributed by atoms with Gasteiger partial charge in [0.05, 0.1) is 16.8 Å². The third-order valence-electron chi connectivity index (χ3n) is 4.36. The van der Waals surface area contributed by atoms with Crippen LogP contribution in [0.5, 0.6) is 0 Å². The van der Waals surface area contributed by atoms with Crippen LogP contribution in [0, 0.1) is 0 Å². The number of pyridine rings is 1. The number of likely N-dealkylation sites (N-methyl/N-ethyl adjacent to an activating group) is 1. The monoisotopic (exact) mass is 329 g/mol. The highest BCUT2D eigenvalue weighted by molar-refractivity contribution is 6.33. The number of aromatic nitrogens is 1. The zero-order valence-corrected chi connectivity index (χ0v) is 13.9. The average molecular weight is 330 g/mol. The summed E-state index contributed by atoms with van der Waals surface area (Å²) in [4.78, 5) is 20.7. The van der Waals surface area contributed by atoms with Crippen LogP contribution < -0.4 is 4.90 Å². The summed E-state index contributed by atoms with van der Waals surface area (Å²) in [5, 5.41) is 0.626. The summed E-state index contributed by atoms with van der Waals surface area (Å²) in [6.07, 6.45) is 5.34. The van der Waals surface area contributed by atoms with Crippen LogP contribution in [0.25, 0.3) is 0 Å². The van der Waals surface area contributed by atoms with Crippen LogP contribution in [0.1, 0.15) is 12.0 Å². The maximum atomic E-state index is 12.7. The molecule has 0 unspecified atom stereocenters. The Morgan fingerprint density at radius 1 is 1.26 bits per heavy atom. The van der Waals surface area contributed by atoms with Crippen molar-refractivity contribution in [2.24, 2.45) is 0 Å². The van der Waals surface area contributed by atoms with Crippen LogP contribution in [-0.2, 0) is 11.2 Å². The van der Waals surface area contributed by atoms with Gasteiger partial charge in [0.15, 0.2) is 0 Å². The van der Waals surface area contributed by atoms with E-state index in [1.807, 2.05) is 43.4 Å². The Balaban J connectivity index is 1.63. The van der Waals surface area contributed by atoms with E-state index in [4.69, 9.17) is 11.6 Å². The molecule has 0 radical (unpaired) electrons. The number of amides is 1. The number of rotatable bonds is 5. The lowest BCUT2D eigenvalue weighted by atomic mass is 10.1. The Morgan fingerprint density at radius 2 is 2.00 bits per heavy atom. The van der Waals surface area contributed by atoms with Crippen molar-refractivity contribution in [2.45, 2.75) is 18.9 Å². The molecule has 3 rings (SSSR count). The molecule has 1 saturated heterocycles. The number of anilines is 1. The zero-order valence-electron chi connectivity index (χ0n) is 13.2. The highest BCUT2D eigenvalue weighted by Gasteiger charge is 2.35. The van der Waals surface area contributed by atoms with Crippen LogP contribution in [-0.4, -0.2) is 42.0 Å². The number of hydrogen-bond donors (Lipinski definition) is 0. The summed E-state index contributed by atoms with van der Waals surface area (Å²) >= 11 is 6.22. The standard InChI is InChI=1S/C18H20ClN3O/c1-21(12-8-14-6-10-20-11-7-14)17-9-13-22(18(17)23)16-5-3-2-4-15(16)19/h2-7,10-11,17H,8-9,12-13H2,1H3/t17-/m0/s1. The van der Waals surface area contributed by atoms with Gasteiger partial charge in [-0.3, -0.25) is 14.7 Å². The largest absolute Gasteiger partial charge is 0.310 e. The fraction of sp³-hybridized carbons (Fsp3) is 0.333. The molecular formula is C18H20ClN3O. The number of carbonyl (C=O) groups is 1. The number of para-hydroxylation sites is 1. The van der Waals surface area contributed by atoms with Crippen molar-refractivity contribution in [1.82, 2.24) is 9.88 Å². The molecule has 1 amide bonds. The van der Waals surface area contributed by atoms with Gasteiger partial charge in [0, 0.05) is 25.5 Å². The highest BCUT2D eigenvalue weighted by atomic mass is 35.5. The molecule has 1 aromatic carbocycles. The van der Waals surface area contributed by atoms with Crippen LogP contribution in [0.4, 0.5) is 5.69 Å². The van der Waals surface area contributed by atoms with Crippen molar-refractivity contribution in [3.63, 3.8) is 0 Å². The summed E-state index contributed by atoms with van der Waals surface area (Å²) in [6, 6.07) is 11.5. The molecule has 1 aromatic heterocycles. The Kier molecular flexibility index (Phi) is 4.94. The summed E-state index contributed by atoms with van der Waals surface area (Å²) in [6.45, 7) is 1.56. The SMILES string of the molecule is CN(CCc1ccncc1)[C@H]1CCN(c2ccccc2Cl)C1=O. The van der Waals surface area contributed by atoms with Gasteiger partial charge in [-0.05, 0) is 49.7 Å². The normalized spacial score (nSPS) is 18.0. The van der Waals surface area contributed by atoms with E-state index in [1.165, 1.54) is 5.56 Å². The molecule has 2 heterocycles. The number of nitrogens with zero attached hydrogens (tertiary/aromatic N) is 3. The quantitative estimate of drug-likeness (QED) is 0.846. The van der Waals surface area contributed by atoms with E-state index in [0.717, 1.165) is 25.1 Å². The van der Waals surface area contributed by atoms with Gasteiger partial charge in [-0.2, -0.15) is 0 Å². The Hall–Kier alpha value is -1.91. The number of halogens is 1. The zero-order chi connectivity index (χ0) is 16.2. The van der Waals surface area contributed by atoms with Crippen molar-refractivity contribution in [3.8, 4) is 0 Å². The summed E-state index contributed by atoms with van der Waals surface area (Å²) in [7, 11) is 2.01. The Labute approximate surface area is 141 Å². The van der Waals surface area contributed by atoms with Gasteiger partial charge in [0.25, 0.3) is 0 Å². The van der Waals surface area contributed by atoms with Crippen LogP contribution in [0.3, 0.4) is 0 Å². The second-order valence-electron chi connectivity index (χ2n) is 5.83. The number of benzene rings is 1. The van der Waals surface area contributed by atoms with E-state index < -0.39 is 0 Å². The van der Waals surface area contributed by atoms with Crippen molar-refractivity contribution in [1.29, 1.82) is 0 Å². The lowest BCUT2D eigenvalue weighted by molar-refractivity contribution is -0.121. The molecule has 2 aromatic rings. The highest BCUT2D eigenvalue weighted by Crippen LogP contribution is 2.30. The van der Waals surface area contributed by atoms with E-state index in [1.54, 1.807) is 17.3 Å². The van der Waals surface area contributed by atoms with E-state index in [0.29, 0.717) is 11.6 Å². The average Bonchev–Trinajstić information content (AvgIpc) is 2.95. The molecule has 4 nitrogen and oxygen atoms in total. The van der Waals surface area contributed by atoms with Crippen LogP contribution >= 0.6 is 11.6 Å². The van der Waals surface area contributed by atoms with Gasteiger partial charge in [-0.1, -0.05) is 23.7 Å². The summed E-state index contributed by atoms with van der Waals surface area (Å²) in [5.41, 5.74) is 2.05. The molecular weight excluding hydrogens is 310 g/mol. The lowest BCUT2D eigenvalue weighted by Gasteiger charge is -2.24. The van der Waals surface area contributed by atoms with Gasteiger partial charge >= 0.3 is 0 Å². The number of hydrogen-bond acceptors (Lipinski definition) is 3. The maximum absolute atomic E-state index is 12.7. The molecule has 1 aliphatic rings. The predicted octanol–water partition coefficient (Wildman–Crippen LogP) is 3.01. The molecule has 1 atom stereocenters. The first-order valence-corrected chi connectivity index (χ1v) is 8.19.